The molecule has 0 aromatic heterocycles. The number of rotatable bonds is 0. The van der Waals surface area contributed by atoms with Crippen LogP contribution in [0.15, 0.2) is 0 Å². The van der Waals surface area contributed by atoms with Crippen molar-refractivity contribution < 1.29 is 9.59 Å². The van der Waals surface area contributed by atoms with Crippen LogP contribution in [0, 0.1) is 5.41 Å². The molecule has 0 aliphatic carbocycles. The summed E-state index contributed by atoms with van der Waals surface area (Å²) in [5, 5.41) is 7.96. The Morgan fingerprint density at radius 1 is 1.50 bits per heavy atom. The summed E-state index contributed by atoms with van der Waals surface area (Å²) >= 11 is 0.612. The van der Waals surface area contributed by atoms with Crippen LogP contribution in [-0.2, 0) is 4.79 Å². The minimum absolute atomic E-state index is 0.227. The van der Waals surface area contributed by atoms with Crippen molar-refractivity contribution in [3.05, 3.63) is 0 Å². The maximum atomic E-state index is 10.2. The number of carbonyl (C=O) groups excluding carboxylic acids is 2. The summed E-state index contributed by atoms with van der Waals surface area (Å²) < 4.78 is 0. The van der Waals surface area contributed by atoms with Crippen molar-refractivity contribution in [2.75, 3.05) is 0 Å². The molecule has 0 aromatic carbocycles. The Balaban J connectivity index is 2.79. The van der Waals surface area contributed by atoms with E-state index in [4.69, 9.17) is 5.41 Å². The fourth-order valence-corrected chi connectivity index (χ4v) is 0.787. The lowest BCUT2D eigenvalue weighted by molar-refractivity contribution is -0.113. The lowest BCUT2D eigenvalue weighted by Gasteiger charge is -1.77. The fraction of sp³-hybridized carbons (Fsp3) is 0. The molecule has 1 fully saturated rings. The third-order valence-corrected chi connectivity index (χ3v) is 1.29. The first kappa shape index (κ1) is 5.30. The van der Waals surface area contributed by atoms with Gasteiger partial charge in [-0.1, -0.05) is 0 Å². The molecule has 1 aliphatic heterocycles. The zero-order valence-corrected chi connectivity index (χ0v) is 4.54. The molecular weight excluding hydrogens is 128 g/mol. The molecule has 0 radical (unpaired) electrons. The zero-order chi connectivity index (χ0) is 6.15. The van der Waals surface area contributed by atoms with Gasteiger partial charge in [-0.25, -0.2) is 0 Å². The molecule has 0 spiro atoms. The van der Waals surface area contributed by atoms with Crippen molar-refractivity contribution in [1.29, 1.82) is 5.41 Å². The van der Waals surface area contributed by atoms with Crippen LogP contribution in [0.1, 0.15) is 0 Å². The molecule has 2 amide bonds. The Kier molecular flexibility index (Phi) is 1.05. The summed E-state index contributed by atoms with van der Waals surface area (Å²) in [4.78, 5) is 20.4. The third-order valence-electron chi connectivity index (χ3n) is 0.617. The largest absolute Gasteiger partial charge is 0.292 e. The molecule has 8 heavy (non-hydrogen) atoms. The predicted octanol–water partition coefficient (Wildman–Crippen LogP) is -0.0533. The van der Waals surface area contributed by atoms with Gasteiger partial charge in [-0.05, 0) is 11.8 Å². The first-order valence-corrected chi connectivity index (χ1v) is 2.63. The molecule has 1 aliphatic rings. The molecular formula is C3H2N2O2S. The number of hydrogen-bond acceptors (Lipinski definition) is 4. The van der Waals surface area contributed by atoms with E-state index in [1.165, 1.54) is 0 Å². The molecule has 0 atom stereocenters. The van der Waals surface area contributed by atoms with Crippen molar-refractivity contribution in [2.24, 2.45) is 0 Å². The van der Waals surface area contributed by atoms with E-state index in [9.17, 15) is 9.59 Å². The number of nitrogens with one attached hydrogen (secondary N) is 2. The summed E-state index contributed by atoms with van der Waals surface area (Å²) in [7, 11) is 0. The maximum absolute atomic E-state index is 10.2. The highest BCUT2D eigenvalue weighted by Crippen LogP contribution is 2.09. The van der Waals surface area contributed by atoms with E-state index in [-0.39, 0.29) is 5.04 Å². The Labute approximate surface area is 49.1 Å². The van der Waals surface area contributed by atoms with Crippen molar-refractivity contribution in [3.63, 3.8) is 0 Å². The second-order valence-electron chi connectivity index (χ2n) is 1.17. The standard InChI is InChI=1S/C3H2N2O2S/c4-1-2(6)5-3(7)8-1/h4H,(H,5,6,7). The van der Waals surface area contributed by atoms with Gasteiger partial charge in [0.05, 0.1) is 0 Å². The highest BCUT2D eigenvalue weighted by Gasteiger charge is 2.24. The third kappa shape index (κ3) is 0.717. The zero-order valence-electron chi connectivity index (χ0n) is 3.72. The fourth-order valence-electron chi connectivity index (χ4n) is 0.314. The van der Waals surface area contributed by atoms with Gasteiger partial charge in [0.1, 0.15) is 0 Å². The normalized spacial score (nSPS) is 19.2. The van der Waals surface area contributed by atoms with E-state index in [0.29, 0.717) is 11.8 Å². The molecule has 1 rings (SSSR count). The Morgan fingerprint density at radius 3 is 2.25 bits per heavy atom. The van der Waals surface area contributed by atoms with Gasteiger partial charge in [0.25, 0.3) is 11.1 Å². The van der Waals surface area contributed by atoms with Crippen LogP contribution in [0.3, 0.4) is 0 Å². The molecule has 42 valence electrons. The molecule has 0 saturated carbocycles. The predicted molar refractivity (Wildman–Crippen MR) is 28.9 cm³/mol. The molecule has 0 bridgehead atoms. The maximum Gasteiger partial charge on any atom is 0.292 e. The number of hydrogen-bond donors (Lipinski definition) is 2. The van der Waals surface area contributed by atoms with Crippen molar-refractivity contribution in [1.82, 2.24) is 5.32 Å². The van der Waals surface area contributed by atoms with Crippen LogP contribution in [-0.4, -0.2) is 16.2 Å². The van der Waals surface area contributed by atoms with Crippen LogP contribution < -0.4 is 5.32 Å². The molecule has 5 heteroatoms. The summed E-state index contributed by atoms with van der Waals surface area (Å²) in [6, 6.07) is 0. The second-order valence-corrected chi connectivity index (χ2v) is 2.16. The van der Waals surface area contributed by atoms with E-state index in [2.05, 4.69) is 0 Å². The Bertz CT molecular complexity index is 158. The smallest absolute Gasteiger partial charge is 0.289 e. The van der Waals surface area contributed by atoms with Gasteiger partial charge in [-0.15, -0.1) is 0 Å². The molecule has 1 heterocycles. The van der Waals surface area contributed by atoms with Gasteiger partial charge in [-0.2, -0.15) is 0 Å². The van der Waals surface area contributed by atoms with Crippen LogP contribution >= 0.6 is 11.8 Å². The minimum Gasteiger partial charge on any atom is -0.289 e. The summed E-state index contributed by atoms with van der Waals surface area (Å²) in [6.07, 6.45) is 0. The van der Waals surface area contributed by atoms with Gasteiger partial charge in [0.15, 0.2) is 5.04 Å². The Morgan fingerprint density at radius 2 is 2.12 bits per heavy atom. The lowest BCUT2D eigenvalue weighted by atomic mass is 10.7. The minimum atomic E-state index is -0.597. The highest BCUT2D eigenvalue weighted by molar-refractivity contribution is 8.28. The first-order chi connectivity index (χ1) is 3.70. The number of amides is 2. The first-order valence-electron chi connectivity index (χ1n) is 1.82. The average Bonchev–Trinajstić information content (AvgIpc) is 1.85. The van der Waals surface area contributed by atoms with Gasteiger partial charge in [-0.3, -0.25) is 20.3 Å². The number of imide groups is 1. The van der Waals surface area contributed by atoms with Crippen molar-refractivity contribution >= 4 is 28.0 Å². The highest BCUT2D eigenvalue weighted by atomic mass is 32.2. The molecule has 4 nitrogen and oxygen atoms in total. The van der Waals surface area contributed by atoms with Crippen molar-refractivity contribution in [3.8, 4) is 0 Å². The number of carbonyl (C=O) groups is 2. The lowest BCUT2D eigenvalue weighted by Crippen LogP contribution is -2.20. The molecule has 2 N–H and O–H groups in total. The van der Waals surface area contributed by atoms with Crippen LogP contribution in [0.5, 0.6) is 0 Å². The topological polar surface area (TPSA) is 70.0 Å². The van der Waals surface area contributed by atoms with Crippen LogP contribution in [0.2, 0.25) is 0 Å². The van der Waals surface area contributed by atoms with Gasteiger partial charge >= 0.3 is 0 Å². The second kappa shape index (κ2) is 1.59. The van der Waals surface area contributed by atoms with Crippen LogP contribution in [0.25, 0.3) is 0 Å². The van der Waals surface area contributed by atoms with Gasteiger partial charge < -0.3 is 0 Å². The van der Waals surface area contributed by atoms with Crippen LogP contribution in [0.4, 0.5) is 4.79 Å². The van der Waals surface area contributed by atoms with E-state index in [0.717, 1.165) is 0 Å². The van der Waals surface area contributed by atoms with Gasteiger partial charge in [0.2, 0.25) is 0 Å². The quantitative estimate of drug-likeness (QED) is 0.482. The van der Waals surface area contributed by atoms with E-state index >= 15 is 0 Å². The summed E-state index contributed by atoms with van der Waals surface area (Å²) in [5.41, 5.74) is 0. The molecule has 0 unspecified atom stereocenters. The Hall–Kier alpha value is -0.840. The molecule has 1 saturated heterocycles. The number of thioether (sulfide) groups is 1. The molecule has 0 aromatic rings. The van der Waals surface area contributed by atoms with Gasteiger partial charge in [0, 0.05) is 0 Å². The van der Waals surface area contributed by atoms with Crippen molar-refractivity contribution in [2.45, 2.75) is 0 Å². The SMILES string of the molecule is N=C1SC(=O)NC1=O. The van der Waals surface area contributed by atoms with E-state index in [1.54, 1.807) is 0 Å². The summed E-state index contributed by atoms with van der Waals surface area (Å²) in [6.45, 7) is 0. The summed E-state index contributed by atoms with van der Waals surface area (Å²) in [5.74, 6) is -0.597. The van der Waals surface area contributed by atoms with E-state index in [1.807, 2.05) is 5.32 Å². The monoisotopic (exact) mass is 130 g/mol. The van der Waals surface area contributed by atoms with E-state index < -0.39 is 11.1 Å². The average molecular weight is 130 g/mol.